The Labute approximate surface area is 125 Å². The van der Waals surface area contributed by atoms with Crippen molar-refractivity contribution in [2.45, 2.75) is 6.92 Å². The lowest BCUT2D eigenvalue weighted by Crippen LogP contribution is -2.02. The van der Waals surface area contributed by atoms with Gasteiger partial charge in [0, 0.05) is 11.1 Å². The quantitative estimate of drug-likeness (QED) is 0.652. The van der Waals surface area contributed by atoms with Crippen LogP contribution in [-0.2, 0) is 4.57 Å². The minimum absolute atomic E-state index is 0.0169. The van der Waals surface area contributed by atoms with E-state index in [1.54, 1.807) is 7.11 Å². The second-order valence-corrected chi connectivity index (χ2v) is 5.59. The monoisotopic (exact) mass is 294 g/mol. The molecule has 0 atom stereocenters. The summed E-state index contributed by atoms with van der Waals surface area (Å²) in [7, 11) is 1.68. The van der Waals surface area contributed by atoms with Crippen molar-refractivity contribution in [3.8, 4) is 16.9 Å². The molecule has 0 amide bonds. The lowest BCUT2D eigenvalue weighted by molar-refractivity contribution is 0.416. The average molecular weight is 294 g/mol. The second-order valence-electron chi connectivity index (χ2n) is 4.92. The lowest BCUT2D eigenvalue weighted by Gasteiger charge is -2.15. The molecule has 3 aromatic carbocycles. The maximum absolute atomic E-state index is 11.6. The first-order valence-corrected chi connectivity index (χ1v) is 7.56. The molecule has 2 nitrogen and oxygen atoms in total. The molecule has 0 bridgehead atoms. The number of methoxy groups -OCH3 is 1. The van der Waals surface area contributed by atoms with E-state index in [9.17, 15) is 4.57 Å². The fraction of sp³-hybridized carbons (Fsp3) is 0.111. The molecule has 0 aliphatic carbocycles. The molecule has 0 unspecified atom stereocenters. The second kappa shape index (κ2) is 5.67. The Morgan fingerprint density at radius 1 is 0.905 bits per heavy atom. The van der Waals surface area contributed by atoms with Crippen molar-refractivity contribution in [3.63, 3.8) is 0 Å². The molecule has 0 aromatic heterocycles. The van der Waals surface area contributed by atoms with E-state index >= 15 is 0 Å². The Balaban J connectivity index is 2.47. The molecule has 0 N–H and O–H groups in total. The SMILES string of the molecule is COc1cccc(C)c1-c1c(P=O)ccc2ccccc12. The highest BCUT2D eigenvalue weighted by Gasteiger charge is 2.16. The predicted octanol–water partition coefficient (Wildman–Crippen LogP) is 4.74. The zero-order valence-corrected chi connectivity index (χ0v) is 12.9. The molecule has 0 fully saturated rings. The lowest BCUT2D eigenvalue weighted by atomic mass is 9.94. The Morgan fingerprint density at radius 3 is 2.48 bits per heavy atom. The molecule has 0 spiro atoms. The van der Waals surface area contributed by atoms with E-state index < -0.39 is 0 Å². The molecule has 0 heterocycles. The van der Waals surface area contributed by atoms with Crippen LogP contribution in [0.15, 0.2) is 54.6 Å². The average Bonchev–Trinajstić information content (AvgIpc) is 2.53. The largest absolute Gasteiger partial charge is 0.496 e. The van der Waals surface area contributed by atoms with Crippen molar-refractivity contribution < 1.29 is 9.30 Å². The molecule has 104 valence electrons. The first-order chi connectivity index (χ1) is 10.3. The van der Waals surface area contributed by atoms with E-state index in [0.29, 0.717) is 0 Å². The summed E-state index contributed by atoms with van der Waals surface area (Å²) >= 11 is 0. The number of rotatable bonds is 3. The van der Waals surface area contributed by atoms with Gasteiger partial charge in [0.25, 0.3) is 0 Å². The van der Waals surface area contributed by atoms with Crippen LogP contribution in [0.1, 0.15) is 5.56 Å². The van der Waals surface area contributed by atoms with Crippen molar-refractivity contribution in [1.29, 1.82) is 0 Å². The smallest absolute Gasteiger partial charge is 0.192 e. The number of hydrogen-bond donors (Lipinski definition) is 0. The zero-order chi connectivity index (χ0) is 14.8. The molecular weight excluding hydrogens is 279 g/mol. The van der Waals surface area contributed by atoms with Gasteiger partial charge in [0.2, 0.25) is 0 Å². The summed E-state index contributed by atoms with van der Waals surface area (Å²) < 4.78 is 17.1. The summed E-state index contributed by atoms with van der Waals surface area (Å²) in [4.78, 5) is 0. The van der Waals surface area contributed by atoms with Crippen molar-refractivity contribution in [2.24, 2.45) is 0 Å². The normalized spacial score (nSPS) is 11.0. The summed E-state index contributed by atoms with van der Waals surface area (Å²) in [6.45, 7) is 2.05. The van der Waals surface area contributed by atoms with Gasteiger partial charge in [0.05, 0.1) is 12.4 Å². The topological polar surface area (TPSA) is 26.3 Å². The summed E-state index contributed by atoms with van der Waals surface area (Å²) in [5, 5.41) is 3.00. The summed E-state index contributed by atoms with van der Waals surface area (Å²) in [5.74, 6) is 0.802. The van der Waals surface area contributed by atoms with Crippen LogP contribution in [0.25, 0.3) is 21.9 Å². The van der Waals surface area contributed by atoms with E-state index in [0.717, 1.165) is 38.5 Å². The van der Waals surface area contributed by atoms with Crippen LogP contribution in [0.5, 0.6) is 5.75 Å². The maximum Gasteiger partial charge on any atom is 0.192 e. The van der Waals surface area contributed by atoms with Crippen LogP contribution in [-0.4, -0.2) is 7.11 Å². The Kier molecular flexibility index (Phi) is 3.72. The Morgan fingerprint density at radius 2 is 1.71 bits per heavy atom. The first kappa shape index (κ1) is 13.8. The van der Waals surface area contributed by atoms with Crippen molar-refractivity contribution in [3.05, 3.63) is 60.2 Å². The number of benzene rings is 3. The van der Waals surface area contributed by atoms with Crippen molar-refractivity contribution in [1.82, 2.24) is 0 Å². The third-order valence-electron chi connectivity index (χ3n) is 3.71. The van der Waals surface area contributed by atoms with Crippen molar-refractivity contribution >= 4 is 24.5 Å². The Hall–Kier alpha value is -2.18. The van der Waals surface area contributed by atoms with Gasteiger partial charge >= 0.3 is 0 Å². The first-order valence-electron chi connectivity index (χ1n) is 6.75. The van der Waals surface area contributed by atoms with Crippen LogP contribution >= 0.6 is 8.46 Å². The van der Waals surface area contributed by atoms with Crippen LogP contribution < -0.4 is 10.0 Å². The van der Waals surface area contributed by atoms with Crippen LogP contribution in [0.2, 0.25) is 0 Å². The number of aryl methyl sites for hydroxylation is 1. The highest BCUT2D eigenvalue weighted by molar-refractivity contribution is 7.34. The summed E-state index contributed by atoms with van der Waals surface area (Å²) in [5.41, 5.74) is 3.10. The number of hydrogen-bond acceptors (Lipinski definition) is 2. The molecule has 0 saturated carbocycles. The van der Waals surface area contributed by atoms with Gasteiger partial charge in [-0.05, 0) is 35.4 Å². The minimum Gasteiger partial charge on any atom is -0.496 e. The molecule has 3 rings (SSSR count). The standard InChI is InChI=1S/C18H15O2P/c1-12-6-5-9-15(20-2)17(12)18-14-8-4-3-7-13(14)10-11-16(18)21-19/h3-11H,1-2H3. The van der Waals surface area contributed by atoms with Gasteiger partial charge < -0.3 is 4.74 Å². The van der Waals surface area contributed by atoms with Gasteiger partial charge in [-0.15, -0.1) is 0 Å². The molecular formula is C18H15O2P. The van der Waals surface area contributed by atoms with Crippen LogP contribution in [0, 0.1) is 6.92 Å². The van der Waals surface area contributed by atoms with Crippen LogP contribution in [0.3, 0.4) is 0 Å². The fourth-order valence-electron chi connectivity index (χ4n) is 2.73. The molecule has 0 radical (unpaired) electrons. The van der Waals surface area contributed by atoms with Gasteiger partial charge in [0.1, 0.15) is 5.75 Å². The Bertz CT molecular complexity index is 825. The maximum atomic E-state index is 11.6. The minimum atomic E-state index is 0.0169. The number of ether oxygens (including phenoxy) is 1. The molecule has 0 aliphatic rings. The van der Waals surface area contributed by atoms with Gasteiger partial charge in [-0.1, -0.05) is 42.5 Å². The van der Waals surface area contributed by atoms with E-state index in [1.165, 1.54) is 0 Å². The molecule has 0 aliphatic heterocycles. The predicted molar refractivity (Wildman–Crippen MR) is 87.9 cm³/mol. The van der Waals surface area contributed by atoms with Gasteiger partial charge in [0.15, 0.2) is 8.46 Å². The highest BCUT2D eigenvalue weighted by atomic mass is 31.1. The van der Waals surface area contributed by atoms with Gasteiger partial charge in [-0.3, -0.25) is 4.57 Å². The fourth-order valence-corrected chi connectivity index (χ4v) is 3.19. The van der Waals surface area contributed by atoms with Crippen LogP contribution in [0.4, 0.5) is 0 Å². The third kappa shape index (κ3) is 2.32. The third-order valence-corrected chi connectivity index (χ3v) is 4.28. The van der Waals surface area contributed by atoms with E-state index in [2.05, 4.69) is 12.1 Å². The molecule has 3 heteroatoms. The van der Waals surface area contributed by atoms with E-state index in [4.69, 9.17) is 4.74 Å². The molecule has 0 saturated heterocycles. The highest BCUT2D eigenvalue weighted by Crippen LogP contribution is 2.37. The summed E-state index contributed by atoms with van der Waals surface area (Å²) in [6, 6.07) is 18.0. The number of fused-ring (bicyclic) bond motifs is 1. The van der Waals surface area contributed by atoms with Gasteiger partial charge in [-0.2, -0.15) is 0 Å². The van der Waals surface area contributed by atoms with E-state index in [1.807, 2.05) is 49.4 Å². The van der Waals surface area contributed by atoms with E-state index in [-0.39, 0.29) is 8.46 Å². The van der Waals surface area contributed by atoms with Crippen molar-refractivity contribution in [2.75, 3.05) is 7.11 Å². The molecule has 3 aromatic rings. The van der Waals surface area contributed by atoms with Gasteiger partial charge in [-0.25, -0.2) is 0 Å². The summed E-state index contributed by atoms with van der Waals surface area (Å²) in [6.07, 6.45) is 0. The zero-order valence-electron chi connectivity index (χ0n) is 12.0. The molecule has 21 heavy (non-hydrogen) atoms.